The van der Waals surface area contributed by atoms with Crippen molar-refractivity contribution >= 4 is 12.1 Å². The topological polar surface area (TPSA) is 76.1 Å². The van der Waals surface area contributed by atoms with E-state index in [-0.39, 0.29) is 18.2 Å². The summed E-state index contributed by atoms with van der Waals surface area (Å²) in [5.41, 5.74) is -0.520. The van der Waals surface area contributed by atoms with Crippen molar-refractivity contribution < 1.29 is 24.2 Å². The van der Waals surface area contributed by atoms with Crippen LogP contribution in [0.3, 0.4) is 0 Å². The molecule has 0 aromatic heterocycles. The monoisotopic (exact) mass is 271 g/mol. The summed E-state index contributed by atoms with van der Waals surface area (Å²) < 4.78 is 10.9. The number of carbonyl (C=O) groups is 2. The molecule has 2 saturated heterocycles. The molecule has 0 aromatic carbocycles. The summed E-state index contributed by atoms with van der Waals surface area (Å²) in [5, 5.41) is 8.96. The molecule has 2 aliphatic heterocycles. The van der Waals surface area contributed by atoms with Gasteiger partial charge in [0.05, 0.1) is 12.1 Å². The zero-order valence-electron chi connectivity index (χ0n) is 11.6. The van der Waals surface area contributed by atoms with Crippen molar-refractivity contribution in [3.8, 4) is 0 Å². The first-order valence-electron chi connectivity index (χ1n) is 6.66. The second kappa shape index (κ2) is 5.00. The number of carboxylic acids is 1. The van der Waals surface area contributed by atoms with Crippen LogP contribution < -0.4 is 0 Å². The Labute approximate surface area is 112 Å². The lowest BCUT2D eigenvalue weighted by atomic mass is 9.99. The maximum atomic E-state index is 12.1. The molecule has 0 saturated carbocycles. The minimum absolute atomic E-state index is 0.0505. The number of ether oxygens (including phenoxy) is 2. The number of carbonyl (C=O) groups excluding carboxylic acids is 1. The Morgan fingerprint density at radius 3 is 2.53 bits per heavy atom. The molecule has 19 heavy (non-hydrogen) atoms. The fourth-order valence-electron chi connectivity index (χ4n) is 2.66. The number of nitrogens with zero attached hydrogens (tertiary/aromatic N) is 1. The van der Waals surface area contributed by atoms with Gasteiger partial charge in [0.2, 0.25) is 0 Å². The summed E-state index contributed by atoms with van der Waals surface area (Å²) in [4.78, 5) is 24.7. The second-order valence-electron chi connectivity index (χ2n) is 6.11. The predicted octanol–water partition coefficient (Wildman–Crippen LogP) is 1.63. The van der Waals surface area contributed by atoms with Crippen molar-refractivity contribution in [3.63, 3.8) is 0 Å². The lowest BCUT2D eigenvalue weighted by Crippen LogP contribution is -2.47. The van der Waals surface area contributed by atoms with Gasteiger partial charge in [-0.1, -0.05) is 0 Å². The van der Waals surface area contributed by atoms with Crippen LogP contribution in [-0.2, 0) is 14.3 Å². The van der Waals surface area contributed by atoms with Crippen molar-refractivity contribution in [1.82, 2.24) is 4.90 Å². The lowest BCUT2D eigenvalue weighted by Gasteiger charge is -2.35. The van der Waals surface area contributed by atoms with E-state index in [0.717, 1.165) is 0 Å². The van der Waals surface area contributed by atoms with Crippen molar-refractivity contribution in [3.05, 3.63) is 0 Å². The quantitative estimate of drug-likeness (QED) is 0.784. The molecule has 0 spiro atoms. The minimum atomic E-state index is -0.922. The van der Waals surface area contributed by atoms with E-state index in [1.165, 1.54) is 0 Å². The fraction of sp³-hybridized carbons (Fsp3) is 0.846. The van der Waals surface area contributed by atoms with E-state index in [9.17, 15) is 9.59 Å². The van der Waals surface area contributed by atoms with E-state index in [0.29, 0.717) is 25.8 Å². The first kappa shape index (κ1) is 14.1. The molecule has 1 N–H and O–H groups in total. The molecule has 2 fully saturated rings. The highest BCUT2D eigenvalue weighted by Crippen LogP contribution is 2.32. The van der Waals surface area contributed by atoms with Crippen LogP contribution in [0.15, 0.2) is 0 Å². The summed E-state index contributed by atoms with van der Waals surface area (Å²) in [7, 11) is 0. The lowest BCUT2D eigenvalue weighted by molar-refractivity contribution is -0.160. The highest BCUT2D eigenvalue weighted by molar-refractivity contribution is 5.73. The van der Waals surface area contributed by atoms with E-state index in [4.69, 9.17) is 14.6 Å². The van der Waals surface area contributed by atoms with Crippen LogP contribution in [0.5, 0.6) is 0 Å². The molecule has 3 atom stereocenters. The van der Waals surface area contributed by atoms with Gasteiger partial charge >= 0.3 is 12.1 Å². The maximum Gasteiger partial charge on any atom is 0.410 e. The van der Waals surface area contributed by atoms with Crippen molar-refractivity contribution in [1.29, 1.82) is 0 Å². The molecule has 0 aliphatic carbocycles. The van der Waals surface area contributed by atoms with Gasteiger partial charge in [-0.15, -0.1) is 0 Å². The summed E-state index contributed by atoms with van der Waals surface area (Å²) >= 11 is 0. The molecule has 1 amide bonds. The van der Waals surface area contributed by atoms with Gasteiger partial charge in [0.15, 0.2) is 6.10 Å². The number of carboxylic acid groups (broad SMARTS) is 1. The van der Waals surface area contributed by atoms with Crippen molar-refractivity contribution in [2.45, 2.75) is 63.9 Å². The highest BCUT2D eigenvalue weighted by Gasteiger charge is 2.44. The number of hydrogen-bond acceptors (Lipinski definition) is 4. The molecule has 6 heteroatoms. The van der Waals surface area contributed by atoms with Gasteiger partial charge in [-0.25, -0.2) is 9.59 Å². The van der Waals surface area contributed by atoms with Crippen LogP contribution in [0.4, 0.5) is 4.79 Å². The van der Waals surface area contributed by atoms with Gasteiger partial charge in [-0.2, -0.15) is 0 Å². The molecule has 6 nitrogen and oxygen atoms in total. The van der Waals surface area contributed by atoms with E-state index in [1.54, 1.807) is 4.90 Å². The average molecular weight is 271 g/mol. The number of likely N-dealkylation sites (tertiary alicyclic amines) is 1. The summed E-state index contributed by atoms with van der Waals surface area (Å²) in [6.07, 6.45) is 0.518. The minimum Gasteiger partial charge on any atom is -0.479 e. The highest BCUT2D eigenvalue weighted by atomic mass is 16.6. The molecule has 0 unspecified atom stereocenters. The van der Waals surface area contributed by atoms with E-state index < -0.39 is 17.7 Å². The van der Waals surface area contributed by atoms with E-state index in [1.807, 2.05) is 20.8 Å². The Bertz CT molecular complexity index is 376. The third-order valence-electron chi connectivity index (χ3n) is 3.45. The number of amides is 1. The SMILES string of the molecule is CC(C)(C)OC(=O)N1CC[C@@H]2O[C@@H](C(=O)O)CC[C@@H]21. The zero-order chi connectivity index (χ0) is 14.2. The Balaban J connectivity index is 1.97. The van der Waals surface area contributed by atoms with Crippen LogP contribution in [0.1, 0.15) is 40.0 Å². The van der Waals surface area contributed by atoms with Gasteiger partial charge in [-0.3, -0.25) is 0 Å². The summed E-state index contributed by atoms with van der Waals surface area (Å²) in [5.74, 6) is -0.922. The summed E-state index contributed by atoms with van der Waals surface area (Å²) in [6.45, 7) is 6.05. The normalized spacial score (nSPS) is 30.9. The molecule has 0 bridgehead atoms. The van der Waals surface area contributed by atoms with Crippen molar-refractivity contribution in [2.75, 3.05) is 6.54 Å². The molecule has 108 valence electrons. The van der Waals surface area contributed by atoms with Crippen LogP contribution in [0, 0.1) is 0 Å². The van der Waals surface area contributed by atoms with Gasteiger partial charge < -0.3 is 19.5 Å². The van der Waals surface area contributed by atoms with Crippen LogP contribution in [0.2, 0.25) is 0 Å². The van der Waals surface area contributed by atoms with Crippen LogP contribution in [0.25, 0.3) is 0 Å². The van der Waals surface area contributed by atoms with Crippen LogP contribution in [-0.4, -0.2) is 52.5 Å². The first-order valence-corrected chi connectivity index (χ1v) is 6.66. The summed E-state index contributed by atoms with van der Waals surface area (Å²) in [6, 6.07) is -0.0505. The zero-order valence-corrected chi connectivity index (χ0v) is 11.6. The van der Waals surface area contributed by atoms with Gasteiger partial charge in [-0.05, 0) is 40.0 Å². The Hall–Kier alpha value is -1.30. The van der Waals surface area contributed by atoms with Crippen molar-refractivity contribution in [2.24, 2.45) is 0 Å². The second-order valence-corrected chi connectivity index (χ2v) is 6.11. The Morgan fingerprint density at radius 2 is 1.95 bits per heavy atom. The fourth-order valence-corrected chi connectivity index (χ4v) is 2.66. The molecule has 2 rings (SSSR count). The Morgan fingerprint density at radius 1 is 1.26 bits per heavy atom. The van der Waals surface area contributed by atoms with Crippen LogP contribution >= 0.6 is 0 Å². The van der Waals surface area contributed by atoms with E-state index in [2.05, 4.69) is 0 Å². The first-order chi connectivity index (χ1) is 8.78. The van der Waals surface area contributed by atoms with Gasteiger partial charge in [0.25, 0.3) is 0 Å². The van der Waals surface area contributed by atoms with Gasteiger partial charge in [0.1, 0.15) is 5.60 Å². The third kappa shape index (κ3) is 3.18. The number of hydrogen-bond donors (Lipinski definition) is 1. The number of rotatable bonds is 1. The molecule has 2 aliphatic rings. The molecule has 0 radical (unpaired) electrons. The Kier molecular flexibility index (Phi) is 3.71. The number of aliphatic carboxylic acids is 1. The smallest absolute Gasteiger partial charge is 0.410 e. The molecular formula is C13H21NO5. The predicted molar refractivity (Wildman–Crippen MR) is 66.9 cm³/mol. The number of fused-ring (bicyclic) bond motifs is 1. The third-order valence-corrected chi connectivity index (χ3v) is 3.45. The average Bonchev–Trinajstić information content (AvgIpc) is 2.68. The molecule has 0 aromatic rings. The molecular weight excluding hydrogens is 250 g/mol. The largest absolute Gasteiger partial charge is 0.479 e. The van der Waals surface area contributed by atoms with Gasteiger partial charge in [0, 0.05) is 6.54 Å². The standard InChI is InChI=1S/C13H21NO5/c1-13(2,3)19-12(17)14-7-6-9-8(14)4-5-10(18-9)11(15)16/h8-10H,4-7H2,1-3H3,(H,15,16)/t8-,9-,10+/m0/s1. The molecule has 2 heterocycles. The van der Waals surface area contributed by atoms with E-state index >= 15 is 0 Å². The maximum absolute atomic E-state index is 12.1.